The molecule has 0 radical (unpaired) electrons. The summed E-state index contributed by atoms with van der Waals surface area (Å²) in [6, 6.07) is 23.7. The maximum absolute atomic E-state index is 14.0. The van der Waals surface area contributed by atoms with Crippen LogP contribution >= 0.6 is 0 Å². The van der Waals surface area contributed by atoms with Gasteiger partial charge in [-0.2, -0.15) is 0 Å². The minimum absolute atomic E-state index is 0.0247. The first-order chi connectivity index (χ1) is 18.8. The first-order valence-electron chi connectivity index (χ1n) is 13.5. The van der Waals surface area contributed by atoms with Crippen LogP contribution in [0.4, 0.5) is 0 Å². The summed E-state index contributed by atoms with van der Waals surface area (Å²) < 4.78 is 6.35. The second kappa shape index (κ2) is 11.0. The van der Waals surface area contributed by atoms with Crippen molar-refractivity contribution >= 4 is 17.7 Å². The van der Waals surface area contributed by atoms with Crippen LogP contribution in [0.2, 0.25) is 0 Å². The molecule has 7 nitrogen and oxygen atoms in total. The van der Waals surface area contributed by atoms with E-state index in [1.807, 2.05) is 92.4 Å². The third-order valence-corrected chi connectivity index (χ3v) is 7.95. The van der Waals surface area contributed by atoms with E-state index in [2.05, 4.69) is 5.32 Å². The lowest BCUT2D eigenvalue weighted by molar-refractivity contribution is -0.128. The Hall–Kier alpha value is -3.97. The zero-order valence-electron chi connectivity index (χ0n) is 22.7. The second-order valence-corrected chi connectivity index (χ2v) is 10.6. The predicted octanol–water partition coefficient (Wildman–Crippen LogP) is 4.65. The smallest absolute Gasteiger partial charge is 0.256 e. The average molecular weight is 526 g/mol. The predicted molar refractivity (Wildman–Crippen MR) is 149 cm³/mol. The third kappa shape index (κ3) is 5.32. The van der Waals surface area contributed by atoms with Gasteiger partial charge >= 0.3 is 0 Å². The number of nitrogens with zero attached hydrogens (tertiary/aromatic N) is 2. The number of amides is 3. The van der Waals surface area contributed by atoms with E-state index < -0.39 is 11.8 Å². The van der Waals surface area contributed by atoms with Crippen LogP contribution in [0.15, 0.2) is 78.9 Å². The van der Waals surface area contributed by atoms with Crippen LogP contribution in [0.5, 0.6) is 0 Å². The van der Waals surface area contributed by atoms with Gasteiger partial charge in [-0.25, -0.2) is 0 Å². The highest BCUT2D eigenvalue weighted by Gasteiger charge is 2.54. The molecule has 202 valence electrons. The van der Waals surface area contributed by atoms with Crippen LogP contribution in [0.3, 0.4) is 0 Å². The van der Waals surface area contributed by atoms with Gasteiger partial charge in [0.25, 0.3) is 11.8 Å². The largest absolute Gasteiger partial charge is 0.353 e. The van der Waals surface area contributed by atoms with Gasteiger partial charge in [0.1, 0.15) is 11.8 Å². The summed E-state index contributed by atoms with van der Waals surface area (Å²) in [5.41, 5.74) is 3.20. The van der Waals surface area contributed by atoms with Crippen molar-refractivity contribution in [1.29, 1.82) is 0 Å². The molecule has 3 aromatic rings. The molecular formula is C32H35N3O4. The minimum Gasteiger partial charge on any atom is -0.353 e. The molecule has 0 unspecified atom stereocenters. The van der Waals surface area contributed by atoms with Gasteiger partial charge in [-0.1, -0.05) is 66.2 Å². The first-order valence-corrected chi connectivity index (χ1v) is 13.5. The van der Waals surface area contributed by atoms with Gasteiger partial charge < -0.3 is 15.0 Å². The zero-order valence-corrected chi connectivity index (χ0v) is 22.7. The molecular weight excluding hydrogens is 490 g/mol. The van der Waals surface area contributed by atoms with Crippen molar-refractivity contribution in [2.24, 2.45) is 0 Å². The molecule has 2 fully saturated rings. The Morgan fingerprint density at radius 2 is 1.51 bits per heavy atom. The summed E-state index contributed by atoms with van der Waals surface area (Å²) in [6.45, 7) is 6.80. The van der Waals surface area contributed by atoms with Crippen molar-refractivity contribution in [1.82, 2.24) is 15.1 Å². The van der Waals surface area contributed by atoms with E-state index in [9.17, 15) is 14.4 Å². The Bertz CT molecular complexity index is 1350. The number of nitrogens with one attached hydrogen (secondary N) is 1. The lowest BCUT2D eigenvalue weighted by Crippen LogP contribution is -2.60. The molecule has 0 aromatic heterocycles. The molecule has 2 heterocycles. The van der Waals surface area contributed by atoms with E-state index in [0.29, 0.717) is 37.1 Å². The molecule has 1 N–H and O–H groups in total. The Kier molecular flexibility index (Phi) is 7.53. The summed E-state index contributed by atoms with van der Waals surface area (Å²) in [6.07, 6.45) is 0.862. The Morgan fingerprint density at radius 1 is 0.872 bits per heavy atom. The fraction of sp³-hybridized carbons (Fsp3) is 0.344. The van der Waals surface area contributed by atoms with Gasteiger partial charge in [0.05, 0.1) is 12.6 Å². The molecule has 1 spiro atoms. The standard InChI is InChI=1S/C32H35N3O4/c1-22-13-15-26(16-14-22)30(37)35-28(29(36)33-24(3)25-10-5-4-6-11-25)21-39-32(35)17-19-34(20-18-32)31(38)27-12-8-7-9-23(27)2/h4-16,24,28H,17-21H2,1-3H3,(H,33,36)/t24-,28+/m1/s1. The van der Waals surface area contributed by atoms with E-state index >= 15 is 0 Å². The number of rotatable bonds is 5. The normalized spacial score (nSPS) is 19.1. The fourth-order valence-corrected chi connectivity index (χ4v) is 5.58. The van der Waals surface area contributed by atoms with E-state index in [0.717, 1.165) is 16.7 Å². The maximum atomic E-state index is 14.0. The van der Waals surface area contributed by atoms with Crippen LogP contribution in [0.1, 0.15) is 63.2 Å². The summed E-state index contributed by atoms with van der Waals surface area (Å²) in [5.74, 6) is -0.510. The zero-order chi connectivity index (χ0) is 27.6. The lowest BCUT2D eigenvalue weighted by Gasteiger charge is -2.44. The average Bonchev–Trinajstić information content (AvgIpc) is 3.32. The van der Waals surface area contributed by atoms with Gasteiger partial charge in [0, 0.05) is 37.1 Å². The van der Waals surface area contributed by atoms with Crippen molar-refractivity contribution in [2.75, 3.05) is 19.7 Å². The van der Waals surface area contributed by atoms with Crippen LogP contribution in [-0.4, -0.2) is 59.0 Å². The highest BCUT2D eigenvalue weighted by molar-refractivity contribution is 5.99. The van der Waals surface area contributed by atoms with Crippen molar-refractivity contribution in [3.8, 4) is 0 Å². The molecule has 2 atom stereocenters. The fourth-order valence-electron chi connectivity index (χ4n) is 5.58. The van der Waals surface area contributed by atoms with Crippen LogP contribution < -0.4 is 5.32 Å². The number of hydrogen-bond acceptors (Lipinski definition) is 4. The van der Waals surface area contributed by atoms with E-state index in [1.165, 1.54) is 0 Å². The number of piperidine rings is 1. The number of ether oxygens (including phenoxy) is 1. The second-order valence-electron chi connectivity index (χ2n) is 10.6. The highest BCUT2D eigenvalue weighted by atomic mass is 16.5. The maximum Gasteiger partial charge on any atom is 0.256 e. The number of hydrogen-bond donors (Lipinski definition) is 1. The third-order valence-electron chi connectivity index (χ3n) is 7.95. The topological polar surface area (TPSA) is 79.0 Å². The van der Waals surface area contributed by atoms with Crippen molar-refractivity contribution in [3.63, 3.8) is 0 Å². The Morgan fingerprint density at radius 3 is 2.18 bits per heavy atom. The number of likely N-dealkylation sites (tertiary alicyclic amines) is 1. The Labute approximate surface area is 229 Å². The van der Waals surface area contributed by atoms with Gasteiger partial charge in [0.15, 0.2) is 0 Å². The minimum atomic E-state index is -0.956. The number of aryl methyl sites for hydroxylation is 2. The monoisotopic (exact) mass is 525 g/mol. The number of carbonyl (C=O) groups is 3. The van der Waals surface area contributed by atoms with Crippen molar-refractivity contribution < 1.29 is 19.1 Å². The molecule has 0 bridgehead atoms. The van der Waals surface area contributed by atoms with Crippen LogP contribution in [0.25, 0.3) is 0 Å². The molecule has 2 saturated heterocycles. The van der Waals surface area contributed by atoms with Crippen molar-refractivity contribution in [3.05, 3.63) is 107 Å². The van der Waals surface area contributed by atoms with E-state index in [-0.39, 0.29) is 30.4 Å². The molecule has 7 heteroatoms. The van der Waals surface area contributed by atoms with Crippen molar-refractivity contribution in [2.45, 2.75) is 51.4 Å². The number of benzene rings is 3. The Balaban J connectivity index is 1.38. The van der Waals surface area contributed by atoms with Gasteiger partial charge in [-0.3, -0.25) is 19.3 Å². The van der Waals surface area contributed by atoms with E-state index in [1.54, 1.807) is 17.0 Å². The summed E-state index contributed by atoms with van der Waals surface area (Å²) in [7, 11) is 0. The quantitative estimate of drug-likeness (QED) is 0.526. The molecule has 39 heavy (non-hydrogen) atoms. The lowest BCUT2D eigenvalue weighted by atomic mass is 9.95. The molecule has 3 amide bonds. The molecule has 2 aliphatic heterocycles. The number of carbonyl (C=O) groups excluding carboxylic acids is 3. The summed E-state index contributed by atoms with van der Waals surface area (Å²) >= 11 is 0. The molecule has 0 saturated carbocycles. The first kappa shape index (κ1) is 26.6. The molecule has 2 aliphatic rings. The SMILES string of the molecule is Cc1ccc(C(=O)N2[C@H](C(=O)N[C@H](C)c3ccccc3)COC23CCN(C(=O)c2ccccc2C)CC3)cc1. The van der Waals surface area contributed by atoms with Gasteiger partial charge in [0.2, 0.25) is 5.91 Å². The summed E-state index contributed by atoms with van der Waals surface area (Å²) in [4.78, 5) is 44.3. The molecule has 5 rings (SSSR count). The van der Waals surface area contributed by atoms with Crippen LogP contribution in [0, 0.1) is 13.8 Å². The molecule has 3 aromatic carbocycles. The van der Waals surface area contributed by atoms with Gasteiger partial charge in [-0.15, -0.1) is 0 Å². The highest BCUT2D eigenvalue weighted by Crippen LogP contribution is 2.39. The van der Waals surface area contributed by atoms with Crippen LogP contribution in [-0.2, 0) is 9.53 Å². The van der Waals surface area contributed by atoms with Gasteiger partial charge in [-0.05, 0) is 50.1 Å². The van der Waals surface area contributed by atoms with E-state index in [4.69, 9.17) is 4.74 Å². The summed E-state index contributed by atoms with van der Waals surface area (Å²) in [5, 5.41) is 3.08. The molecule has 0 aliphatic carbocycles.